The average Bonchev–Trinajstić information content (AvgIpc) is 3.40. The number of rotatable bonds is 7. The largest absolute Gasteiger partial charge is 0.509 e. The Bertz CT molecular complexity index is 1320. The summed E-state index contributed by atoms with van der Waals surface area (Å²) in [6.45, 7) is 16.6. The number of carbonyl (C=O) groups excluding carboxylic acids is 3. The van der Waals surface area contributed by atoms with Gasteiger partial charge >= 0.3 is 18.1 Å². The minimum Gasteiger partial charge on any atom is -0.462 e. The lowest BCUT2D eigenvalue weighted by molar-refractivity contribution is -0.318. The molecule has 4 saturated heterocycles. The van der Waals surface area contributed by atoms with Crippen LogP contribution in [0.2, 0.25) is 0 Å². The van der Waals surface area contributed by atoms with E-state index in [-0.39, 0.29) is 31.4 Å². The van der Waals surface area contributed by atoms with Crippen molar-refractivity contribution in [1.82, 2.24) is 4.90 Å². The zero-order chi connectivity index (χ0) is 40.7. The highest BCUT2D eigenvalue weighted by Gasteiger charge is 2.59. The molecule has 0 aliphatic carbocycles. The molecule has 4 rings (SSSR count). The fraction of sp³-hybridized carbons (Fsp3) is 0.921. The number of likely N-dealkylation sites (N-methyl/N-ethyl adjacent to an activating group) is 1. The van der Waals surface area contributed by atoms with Gasteiger partial charge in [0.1, 0.15) is 24.4 Å². The number of hydrogen-bond donors (Lipinski definition) is 3. The van der Waals surface area contributed by atoms with Crippen molar-refractivity contribution in [3.63, 3.8) is 0 Å². The van der Waals surface area contributed by atoms with Gasteiger partial charge in [-0.2, -0.15) is 0 Å². The van der Waals surface area contributed by atoms with Crippen molar-refractivity contribution in [2.24, 2.45) is 17.8 Å². The first-order chi connectivity index (χ1) is 25.0. The van der Waals surface area contributed by atoms with Gasteiger partial charge < -0.3 is 62.9 Å². The lowest BCUT2D eigenvalue weighted by Crippen LogP contribution is -2.60. The molecule has 18 atom stereocenters. The summed E-state index contributed by atoms with van der Waals surface area (Å²) < 4.78 is 54.4. The van der Waals surface area contributed by atoms with Crippen LogP contribution < -0.4 is 0 Å². The summed E-state index contributed by atoms with van der Waals surface area (Å²) in [6.07, 6.45) is -11.1. The molecular formula is C38H65NO15. The molecule has 0 amide bonds. The van der Waals surface area contributed by atoms with Crippen LogP contribution in [0.5, 0.6) is 0 Å². The molecule has 0 saturated carbocycles. The molecule has 3 N–H and O–H groups in total. The monoisotopic (exact) mass is 775 g/mol. The molecule has 0 aromatic rings. The van der Waals surface area contributed by atoms with E-state index in [0.29, 0.717) is 6.42 Å². The SMILES string of the molecule is CC[C@@H]1OC(=O)[C@H](C)[C@H](O[C@H]2C[C@@](C)(OC)[C@@H](O)[C@H](C)O2)[C@H](C)C(O[C@@H]2O[C@H](C)C[C@H](N(C)C)[C@H]2O)[C@](C)(O)C[C@@H](C)OC(=O)[C@@H](C)[C@H]2OC(=O)O[C@]12C. The maximum atomic E-state index is 14.3. The minimum atomic E-state index is -1.80. The van der Waals surface area contributed by atoms with E-state index in [9.17, 15) is 29.7 Å². The molecule has 4 aliphatic heterocycles. The van der Waals surface area contributed by atoms with Crippen LogP contribution in [0.3, 0.4) is 0 Å². The molecule has 1 unspecified atom stereocenters. The van der Waals surface area contributed by atoms with Crippen LogP contribution >= 0.6 is 0 Å². The Hall–Kier alpha value is -2.15. The van der Waals surface area contributed by atoms with Gasteiger partial charge in [0.25, 0.3) is 0 Å². The number of aliphatic hydroxyl groups is 3. The highest BCUT2D eigenvalue weighted by atomic mass is 16.8. The Morgan fingerprint density at radius 2 is 1.48 bits per heavy atom. The average molecular weight is 776 g/mol. The van der Waals surface area contributed by atoms with E-state index in [1.54, 1.807) is 48.5 Å². The van der Waals surface area contributed by atoms with Gasteiger partial charge in [-0.3, -0.25) is 9.59 Å². The Kier molecular flexibility index (Phi) is 14.1. The number of ether oxygens (including phenoxy) is 9. The van der Waals surface area contributed by atoms with E-state index >= 15 is 0 Å². The molecule has 0 aromatic heterocycles. The topological polar surface area (TPSA) is 198 Å². The van der Waals surface area contributed by atoms with Crippen molar-refractivity contribution in [3.05, 3.63) is 0 Å². The van der Waals surface area contributed by atoms with Crippen molar-refractivity contribution in [3.8, 4) is 0 Å². The first-order valence-corrected chi connectivity index (χ1v) is 19.2. The van der Waals surface area contributed by atoms with Crippen molar-refractivity contribution < 1.29 is 72.3 Å². The van der Waals surface area contributed by atoms with Gasteiger partial charge in [-0.25, -0.2) is 4.79 Å². The molecule has 0 aromatic carbocycles. The first-order valence-electron chi connectivity index (χ1n) is 19.2. The summed E-state index contributed by atoms with van der Waals surface area (Å²) >= 11 is 0. The van der Waals surface area contributed by atoms with E-state index < -0.39 is 114 Å². The normalized spacial score (nSPS) is 48.5. The number of nitrogens with zero attached hydrogens (tertiary/aromatic N) is 1. The van der Waals surface area contributed by atoms with Crippen LogP contribution in [-0.2, 0) is 52.2 Å². The number of carbonyl (C=O) groups is 3. The molecule has 16 nitrogen and oxygen atoms in total. The lowest BCUT2D eigenvalue weighted by atomic mass is 9.79. The van der Waals surface area contributed by atoms with Crippen LogP contribution in [0.4, 0.5) is 4.79 Å². The van der Waals surface area contributed by atoms with E-state index in [1.165, 1.54) is 21.0 Å². The molecule has 0 radical (unpaired) electrons. The lowest BCUT2D eigenvalue weighted by Gasteiger charge is -2.48. The van der Waals surface area contributed by atoms with E-state index in [2.05, 4.69) is 0 Å². The second-order valence-corrected chi connectivity index (χ2v) is 16.8. The summed E-state index contributed by atoms with van der Waals surface area (Å²) in [5.74, 6) is -4.43. The molecule has 54 heavy (non-hydrogen) atoms. The molecule has 4 fully saturated rings. The fourth-order valence-electron chi connectivity index (χ4n) is 8.76. The summed E-state index contributed by atoms with van der Waals surface area (Å²) in [5.41, 5.74) is -4.42. The second kappa shape index (κ2) is 17.1. The van der Waals surface area contributed by atoms with Gasteiger partial charge in [0.15, 0.2) is 24.3 Å². The zero-order valence-electron chi connectivity index (χ0n) is 34.2. The highest BCUT2D eigenvalue weighted by Crippen LogP contribution is 2.42. The van der Waals surface area contributed by atoms with Crippen molar-refractivity contribution in [2.75, 3.05) is 21.2 Å². The molecule has 16 heteroatoms. The van der Waals surface area contributed by atoms with Gasteiger partial charge in [0.05, 0.1) is 47.5 Å². The third kappa shape index (κ3) is 9.18. The van der Waals surface area contributed by atoms with Crippen LogP contribution in [0.15, 0.2) is 0 Å². The molecule has 4 aliphatic rings. The number of cyclic esters (lactones) is 2. The molecule has 4 heterocycles. The Balaban J connectivity index is 1.83. The van der Waals surface area contributed by atoms with E-state index in [0.717, 1.165) is 0 Å². The number of methoxy groups -OCH3 is 1. The van der Waals surface area contributed by atoms with Gasteiger partial charge in [0, 0.05) is 31.9 Å². The third-order valence-corrected chi connectivity index (χ3v) is 12.0. The van der Waals surface area contributed by atoms with Gasteiger partial charge in [-0.15, -0.1) is 0 Å². The molecule has 0 bridgehead atoms. The van der Waals surface area contributed by atoms with Crippen molar-refractivity contribution >= 4 is 18.1 Å². The standard InChI is InChI=1S/C38H65NO15/c1-14-25-38(10)31(53-35(44)54-38)22(6)33(43)47-19(3)16-36(8,45)30(52-34-27(40)24(39(11)12)15-18(2)48-34)20(4)28(21(5)32(42)50-25)51-26-17-37(9,46-13)29(41)23(7)49-26/h18-31,34,40-41,45H,14-17H2,1-13H3/t18-,19-,20+,21-,22+,23+,24+,25+,26+,27-,28-,29+,30?,31-,34+,36-,37-,38-/m1/s1. The number of fused-ring (bicyclic) bond motifs is 1. The Morgan fingerprint density at radius 1 is 0.852 bits per heavy atom. The maximum Gasteiger partial charge on any atom is 0.509 e. The first kappa shape index (κ1) is 44.6. The third-order valence-electron chi connectivity index (χ3n) is 12.0. The molecule has 312 valence electrons. The Morgan fingerprint density at radius 3 is 2.07 bits per heavy atom. The van der Waals surface area contributed by atoms with Crippen LogP contribution in [0.25, 0.3) is 0 Å². The second-order valence-electron chi connectivity index (χ2n) is 16.8. The maximum absolute atomic E-state index is 14.3. The summed E-state index contributed by atoms with van der Waals surface area (Å²) in [7, 11) is 5.18. The molecular weight excluding hydrogens is 710 g/mol. The van der Waals surface area contributed by atoms with Crippen molar-refractivity contribution in [2.45, 2.75) is 185 Å². The van der Waals surface area contributed by atoms with E-state index in [1.807, 2.05) is 25.9 Å². The number of aliphatic hydroxyl groups excluding tert-OH is 2. The van der Waals surface area contributed by atoms with Gasteiger partial charge in [-0.1, -0.05) is 13.8 Å². The van der Waals surface area contributed by atoms with Crippen LogP contribution in [0.1, 0.15) is 94.9 Å². The van der Waals surface area contributed by atoms with Gasteiger partial charge in [0.2, 0.25) is 0 Å². The molecule has 0 spiro atoms. The minimum absolute atomic E-state index is 0.0872. The smallest absolute Gasteiger partial charge is 0.462 e. The highest BCUT2D eigenvalue weighted by molar-refractivity contribution is 5.76. The van der Waals surface area contributed by atoms with Crippen molar-refractivity contribution in [1.29, 1.82) is 0 Å². The quantitative estimate of drug-likeness (QED) is 0.252. The number of esters is 2. The van der Waals surface area contributed by atoms with Crippen LogP contribution in [-0.4, -0.2) is 150 Å². The zero-order valence-corrected chi connectivity index (χ0v) is 34.2. The Labute approximate surface area is 319 Å². The summed E-state index contributed by atoms with van der Waals surface area (Å²) in [4.78, 5) is 42.4. The summed E-state index contributed by atoms with van der Waals surface area (Å²) in [5, 5.41) is 34.9. The fourth-order valence-corrected chi connectivity index (χ4v) is 8.76. The van der Waals surface area contributed by atoms with Crippen LogP contribution in [0, 0.1) is 17.8 Å². The predicted octanol–water partition coefficient (Wildman–Crippen LogP) is 2.69. The summed E-state index contributed by atoms with van der Waals surface area (Å²) in [6, 6.07) is -0.332. The van der Waals surface area contributed by atoms with E-state index in [4.69, 9.17) is 42.6 Å². The number of hydrogen-bond acceptors (Lipinski definition) is 16. The predicted molar refractivity (Wildman–Crippen MR) is 191 cm³/mol. The van der Waals surface area contributed by atoms with Gasteiger partial charge in [-0.05, 0) is 82.3 Å².